The fraction of sp³-hybridized carbons (Fsp3) is 0.333. The molecule has 1 aliphatic rings. The molecule has 0 radical (unpaired) electrons. The third-order valence-corrected chi connectivity index (χ3v) is 6.04. The van der Waals surface area contributed by atoms with Crippen LogP contribution in [-0.4, -0.2) is 55.8 Å². The molecule has 2 aromatic rings. The van der Waals surface area contributed by atoms with E-state index in [1.165, 1.54) is 14.2 Å². The van der Waals surface area contributed by atoms with Gasteiger partial charge in [0.15, 0.2) is 28.8 Å². The largest absolute Gasteiger partial charge is 0.493 e. The molecule has 0 aliphatic carbocycles. The molecule has 0 N–H and O–H groups in total. The lowest BCUT2D eigenvalue weighted by Gasteiger charge is -2.30. The van der Waals surface area contributed by atoms with Gasteiger partial charge < -0.3 is 23.8 Å². The predicted molar refractivity (Wildman–Crippen MR) is 146 cm³/mol. The van der Waals surface area contributed by atoms with E-state index in [-0.39, 0.29) is 49.1 Å². The third-order valence-electron chi connectivity index (χ3n) is 6.04. The van der Waals surface area contributed by atoms with Gasteiger partial charge >= 0.3 is 11.9 Å². The van der Waals surface area contributed by atoms with Crippen LogP contribution in [-0.2, 0) is 19.2 Å². The Labute approximate surface area is 228 Å². The van der Waals surface area contributed by atoms with Crippen LogP contribution in [0.4, 0.5) is 0 Å². The highest BCUT2D eigenvalue weighted by Crippen LogP contribution is 2.32. The second-order valence-electron chi connectivity index (χ2n) is 8.75. The zero-order chi connectivity index (χ0) is 28.5. The maximum atomic E-state index is 13.5. The number of methoxy groups -OCH3 is 2. The lowest BCUT2D eigenvalue weighted by molar-refractivity contribution is -0.135. The standard InChI is InChI=1S/C30H33NO8/c1-6-27(32)31-17-21(13-19-9-11-23(25(15-19)36-4)38-28(33)7-2)30(35)22(18-31)14-20-10-12-24(26(16-20)37-5)39-29(34)8-3/h9-16H,6-8,17-18H2,1-5H3/b21-13+,22-14+. The Morgan fingerprint density at radius 2 is 1.15 bits per heavy atom. The second kappa shape index (κ2) is 13.4. The minimum atomic E-state index is -0.390. The van der Waals surface area contributed by atoms with Gasteiger partial charge in [0.05, 0.1) is 14.2 Å². The molecule has 0 aromatic heterocycles. The highest BCUT2D eigenvalue weighted by atomic mass is 16.6. The Morgan fingerprint density at radius 3 is 1.51 bits per heavy atom. The van der Waals surface area contributed by atoms with Crippen molar-refractivity contribution in [3.05, 3.63) is 58.7 Å². The fourth-order valence-electron chi connectivity index (χ4n) is 3.95. The molecule has 2 aromatic carbocycles. The first kappa shape index (κ1) is 29.2. The molecular formula is C30H33NO8. The van der Waals surface area contributed by atoms with Crippen molar-refractivity contribution < 1.29 is 38.1 Å². The summed E-state index contributed by atoms with van der Waals surface area (Å²) in [5, 5.41) is 0. The Morgan fingerprint density at radius 1 is 0.718 bits per heavy atom. The van der Waals surface area contributed by atoms with Gasteiger partial charge in [-0.1, -0.05) is 32.9 Å². The topological polar surface area (TPSA) is 108 Å². The van der Waals surface area contributed by atoms with Crippen molar-refractivity contribution in [3.8, 4) is 23.0 Å². The molecule has 0 saturated carbocycles. The third kappa shape index (κ3) is 7.34. The van der Waals surface area contributed by atoms with Gasteiger partial charge in [-0.15, -0.1) is 0 Å². The van der Waals surface area contributed by atoms with E-state index in [0.717, 1.165) is 0 Å². The second-order valence-corrected chi connectivity index (χ2v) is 8.75. The number of rotatable bonds is 9. The van der Waals surface area contributed by atoms with Crippen LogP contribution < -0.4 is 18.9 Å². The minimum Gasteiger partial charge on any atom is -0.493 e. The summed E-state index contributed by atoms with van der Waals surface area (Å²) in [5.41, 5.74) is 2.16. The molecule has 0 bridgehead atoms. The van der Waals surface area contributed by atoms with Crippen molar-refractivity contribution in [2.24, 2.45) is 0 Å². The number of likely N-dealkylation sites (tertiary alicyclic amines) is 1. The summed E-state index contributed by atoms with van der Waals surface area (Å²) in [4.78, 5) is 51.2. The lowest BCUT2D eigenvalue weighted by atomic mass is 9.94. The van der Waals surface area contributed by atoms with Crippen molar-refractivity contribution in [2.75, 3.05) is 27.3 Å². The number of carbonyl (C=O) groups excluding carboxylic acids is 4. The molecular weight excluding hydrogens is 502 g/mol. The Hall–Kier alpha value is -4.40. The minimum absolute atomic E-state index is 0.0851. The molecule has 0 atom stereocenters. The Kier molecular flexibility index (Phi) is 10.0. The van der Waals surface area contributed by atoms with Crippen molar-refractivity contribution in [1.29, 1.82) is 0 Å². The number of nitrogens with zero attached hydrogens (tertiary/aromatic N) is 1. The summed E-state index contributed by atoms with van der Waals surface area (Å²) in [6.45, 7) is 5.48. The van der Waals surface area contributed by atoms with Gasteiger partial charge in [-0.05, 0) is 47.5 Å². The van der Waals surface area contributed by atoms with E-state index in [9.17, 15) is 19.2 Å². The van der Waals surface area contributed by atoms with Crippen molar-refractivity contribution in [3.63, 3.8) is 0 Å². The van der Waals surface area contributed by atoms with E-state index in [0.29, 0.717) is 40.2 Å². The SMILES string of the molecule is CCC(=O)Oc1ccc(/C=C2\CN(C(=O)CC)C/C(=C\c3ccc(OC(=O)CC)c(OC)c3)C2=O)cc1OC. The smallest absolute Gasteiger partial charge is 0.311 e. The molecule has 1 saturated heterocycles. The molecule has 0 spiro atoms. The average molecular weight is 536 g/mol. The maximum Gasteiger partial charge on any atom is 0.311 e. The summed E-state index contributed by atoms with van der Waals surface area (Å²) in [5.74, 6) is 0.204. The van der Waals surface area contributed by atoms with Crippen LogP contribution in [0, 0.1) is 0 Å². The number of hydrogen-bond donors (Lipinski definition) is 0. The van der Waals surface area contributed by atoms with Gasteiger partial charge in [-0.25, -0.2) is 0 Å². The van der Waals surface area contributed by atoms with Gasteiger partial charge in [-0.3, -0.25) is 19.2 Å². The molecule has 1 amide bonds. The summed E-state index contributed by atoms with van der Waals surface area (Å²) in [6, 6.07) is 9.99. The average Bonchev–Trinajstić information content (AvgIpc) is 2.95. The molecule has 9 nitrogen and oxygen atoms in total. The van der Waals surface area contributed by atoms with Crippen molar-refractivity contribution in [1.82, 2.24) is 4.90 Å². The van der Waals surface area contributed by atoms with Crippen LogP contribution in [0.25, 0.3) is 12.2 Å². The molecule has 1 aliphatic heterocycles. The number of benzene rings is 2. The van der Waals surface area contributed by atoms with Crippen LogP contribution in [0.2, 0.25) is 0 Å². The van der Waals surface area contributed by atoms with E-state index in [1.54, 1.807) is 74.2 Å². The van der Waals surface area contributed by atoms with Gasteiger partial charge in [-0.2, -0.15) is 0 Å². The summed E-state index contributed by atoms with van der Waals surface area (Å²) in [6.07, 6.45) is 4.14. The van der Waals surface area contributed by atoms with E-state index in [1.807, 2.05) is 0 Å². The predicted octanol–water partition coefficient (Wildman–Crippen LogP) is 4.62. The molecule has 3 rings (SSSR count). The number of piperidine rings is 1. The van der Waals surface area contributed by atoms with Gasteiger partial charge in [0.25, 0.3) is 0 Å². The van der Waals surface area contributed by atoms with Crippen LogP contribution in [0.1, 0.15) is 51.2 Å². The lowest BCUT2D eigenvalue weighted by Crippen LogP contribution is -2.41. The van der Waals surface area contributed by atoms with E-state index in [4.69, 9.17) is 18.9 Å². The first-order valence-corrected chi connectivity index (χ1v) is 12.7. The van der Waals surface area contributed by atoms with E-state index >= 15 is 0 Å². The highest BCUT2D eigenvalue weighted by molar-refractivity contribution is 6.15. The normalized spacial score (nSPS) is 15.3. The summed E-state index contributed by atoms with van der Waals surface area (Å²) < 4.78 is 21.4. The van der Waals surface area contributed by atoms with Crippen LogP contribution in [0.3, 0.4) is 0 Å². The molecule has 206 valence electrons. The Balaban J connectivity index is 1.98. The van der Waals surface area contributed by atoms with E-state index < -0.39 is 11.9 Å². The maximum absolute atomic E-state index is 13.5. The molecule has 1 heterocycles. The van der Waals surface area contributed by atoms with Gasteiger partial charge in [0, 0.05) is 43.5 Å². The van der Waals surface area contributed by atoms with E-state index in [2.05, 4.69) is 0 Å². The van der Waals surface area contributed by atoms with Crippen molar-refractivity contribution in [2.45, 2.75) is 40.0 Å². The number of amides is 1. The molecule has 1 fully saturated rings. The molecule has 39 heavy (non-hydrogen) atoms. The zero-order valence-electron chi connectivity index (χ0n) is 22.9. The number of ether oxygens (including phenoxy) is 4. The summed E-state index contributed by atoms with van der Waals surface area (Å²) in [7, 11) is 2.93. The van der Waals surface area contributed by atoms with Crippen LogP contribution in [0.5, 0.6) is 23.0 Å². The van der Waals surface area contributed by atoms with Gasteiger partial charge in [0.1, 0.15) is 0 Å². The number of Topliss-reactive ketones (excluding diaryl/α,β-unsaturated/α-hetero) is 1. The zero-order valence-corrected chi connectivity index (χ0v) is 22.9. The number of carbonyl (C=O) groups is 4. The first-order chi connectivity index (χ1) is 18.7. The number of ketones is 1. The Bertz CT molecular complexity index is 1230. The number of hydrogen-bond acceptors (Lipinski definition) is 8. The van der Waals surface area contributed by atoms with Crippen LogP contribution in [0.15, 0.2) is 47.5 Å². The number of esters is 2. The quantitative estimate of drug-likeness (QED) is 0.260. The summed E-state index contributed by atoms with van der Waals surface area (Å²) >= 11 is 0. The monoisotopic (exact) mass is 535 g/mol. The fourth-order valence-corrected chi connectivity index (χ4v) is 3.95. The van der Waals surface area contributed by atoms with Gasteiger partial charge in [0.2, 0.25) is 5.91 Å². The first-order valence-electron chi connectivity index (χ1n) is 12.7. The van der Waals surface area contributed by atoms with Crippen LogP contribution >= 0.6 is 0 Å². The highest BCUT2D eigenvalue weighted by Gasteiger charge is 2.28. The molecule has 0 unspecified atom stereocenters. The molecule has 9 heteroatoms. The van der Waals surface area contributed by atoms with Crippen molar-refractivity contribution >= 4 is 35.8 Å².